The molecule has 3 heterocycles. The van der Waals surface area contributed by atoms with Crippen molar-refractivity contribution in [3.63, 3.8) is 0 Å². The van der Waals surface area contributed by atoms with Crippen LogP contribution in [0.2, 0.25) is 0 Å². The summed E-state index contributed by atoms with van der Waals surface area (Å²) < 4.78 is 32.8. The molecule has 2 aliphatic heterocycles. The predicted octanol–water partition coefficient (Wildman–Crippen LogP) is 3.86. The number of aromatic nitrogens is 2. The fourth-order valence-electron chi connectivity index (χ4n) is 5.02. The van der Waals surface area contributed by atoms with Crippen LogP contribution in [0.4, 0.5) is 14.5 Å². The quantitative estimate of drug-likeness (QED) is 0.672. The number of carbonyl (C=O) groups excluding carboxylic acids is 1. The van der Waals surface area contributed by atoms with E-state index in [9.17, 15) is 13.6 Å². The van der Waals surface area contributed by atoms with Gasteiger partial charge in [0.1, 0.15) is 11.6 Å². The molecule has 0 saturated carbocycles. The van der Waals surface area contributed by atoms with Crippen molar-refractivity contribution in [2.24, 2.45) is 0 Å². The Bertz CT molecular complexity index is 1120. The van der Waals surface area contributed by atoms with Gasteiger partial charge < -0.3 is 14.5 Å². The number of nitrogens with zero attached hydrogens (tertiary/aromatic N) is 3. The monoisotopic (exact) mass is 438 g/mol. The van der Waals surface area contributed by atoms with E-state index in [1.165, 1.54) is 24.4 Å². The number of benzene rings is 2. The van der Waals surface area contributed by atoms with Gasteiger partial charge in [-0.2, -0.15) is 5.10 Å². The number of hydrogen-bond acceptors (Lipinski definition) is 4. The zero-order chi connectivity index (χ0) is 22.3. The molecule has 1 unspecified atom stereocenters. The van der Waals surface area contributed by atoms with Gasteiger partial charge in [0.15, 0.2) is 0 Å². The summed E-state index contributed by atoms with van der Waals surface area (Å²) >= 11 is 0. The minimum Gasteiger partial charge on any atom is -0.377 e. The van der Waals surface area contributed by atoms with Gasteiger partial charge in [0.25, 0.3) is 5.91 Å². The van der Waals surface area contributed by atoms with Crippen molar-refractivity contribution >= 4 is 11.6 Å². The number of ether oxygens (including phenoxy) is 1. The summed E-state index contributed by atoms with van der Waals surface area (Å²) in [4.78, 5) is 17.3. The maximum atomic E-state index is 13.8. The van der Waals surface area contributed by atoms with E-state index in [0.717, 1.165) is 18.5 Å². The Hall–Kier alpha value is -3.26. The average Bonchev–Trinajstić information content (AvgIpc) is 3.29. The van der Waals surface area contributed by atoms with Crippen LogP contribution in [0.15, 0.2) is 54.7 Å². The van der Waals surface area contributed by atoms with Gasteiger partial charge in [0, 0.05) is 38.0 Å². The predicted molar refractivity (Wildman–Crippen MR) is 116 cm³/mol. The third-order valence-electron chi connectivity index (χ3n) is 6.81. The summed E-state index contributed by atoms with van der Waals surface area (Å²) in [6.45, 7) is 1.81. The number of hydrogen-bond donors (Lipinski definition) is 1. The maximum absolute atomic E-state index is 13.8. The second kappa shape index (κ2) is 8.02. The van der Waals surface area contributed by atoms with Crippen LogP contribution in [0.1, 0.15) is 23.2 Å². The molecule has 1 atom stereocenters. The molecule has 5 rings (SSSR count). The van der Waals surface area contributed by atoms with Crippen LogP contribution in [-0.4, -0.2) is 59.4 Å². The third kappa shape index (κ3) is 3.35. The number of nitrogens with one attached hydrogen (secondary N) is 1. The lowest BCUT2D eigenvalue weighted by atomic mass is 9.73. The van der Waals surface area contributed by atoms with Gasteiger partial charge >= 0.3 is 0 Å². The minimum absolute atomic E-state index is 0.0340. The molecule has 1 aromatic heterocycles. The van der Waals surface area contributed by atoms with Gasteiger partial charge in [-0.25, -0.2) is 8.78 Å². The highest BCUT2D eigenvalue weighted by molar-refractivity contribution is 5.99. The molecule has 32 heavy (non-hydrogen) atoms. The molecule has 1 amide bonds. The standard InChI is InChI=1S/C24H24F2N4O2/c1-32-21-15-30(19-4-2-3-18(26)13-19)24(21)9-11-29(12-10-24)23(31)20-14-27-28-22(20)16-5-7-17(25)8-6-16/h2-8,13-14,21H,9-12,15H2,1H3,(H,27,28). The number of piperidine rings is 1. The lowest BCUT2D eigenvalue weighted by Crippen LogP contribution is -2.74. The SMILES string of the molecule is COC1CN(c2cccc(F)c2)C12CCN(C(=O)c1cn[nH]c1-c1ccc(F)cc1)CC2. The van der Waals surface area contributed by atoms with Crippen molar-refractivity contribution in [1.82, 2.24) is 15.1 Å². The van der Waals surface area contributed by atoms with E-state index in [1.54, 1.807) is 31.4 Å². The van der Waals surface area contributed by atoms with E-state index in [0.29, 0.717) is 36.5 Å². The van der Waals surface area contributed by atoms with E-state index in [-0.39, 0.29) is 29.2 Å². The molecule has 1 spiro atoms. The van der Waals surface area contributed by atoms with Gasteiger partial charge in [0.05, 0.1) is 29.1 Å². The summed E-state index contributed by atoms with van der Waals surface area (Å²) in [5.74, 6) is -0.712. The van der Waals surface area contributed by atoms with Gasteiger partial charge in [-0.3, -0.25) is 9.89 Å². The Balaban J connectivity index is 1.34. The van der Waals surface area contributed by atoms with Crippen LogP contribution in [0, 0.1) is 11.6 Å². The molecule has 0 radical (unpaired) electrons. The van der Waals surface area contributed by atoms with Crippen molar-refractivity contribution < 1.29 is 18.3 Å². The summed E-state index contributed by atoms with van der Waals surface area (Å²) in [6, 6.07) is 12.6. The molecule has 0 aliphatic carbocycles. The number of carbonyl (C=O) groups is 1. The van der Waals surface area contributed by atoms with E-state index in [4.69, 9.17) is 4.74 Å². The number of likely N-dealkylation sites (tertiary alicyclic amines) is 1. The first-order valence-electron chi connectivity index (χ1n) is 10.7. The molecule has 166 valence electrons. The first-order valence-corrected chi connectivity index (χ1v) is 10.7. The van der Waals surface area contributed by atoms with Crippen LogP contribution < -0.4 is 4.90 Å². The molecule has 2 fully saturated rings. The van der Waals surface area contributed by atoms with Gasteiger partial charge in [-0.05, 0) is 55.3 Å². The normalized spacial score (nSPS) is 19.8. The van der Waals surface area contributed by atoms with Crippen molar-refractivity contribution in [3.8, 4) is 11.3 Å². The highest BCUT2D eigenvalue weighted by Gasteiger charge is 2.55. The lowest BCUT2D eigenvalue weighted by molar-refractivity contribution is -0.0433. The first-order chi connectivity index (χ1) is 15.5. The van der Waals surface area contributed by atoms with Crippen LogP contribution in [0.5, 0.6) is 0 Å². The molecule has 2 aliphatic rings. The number of amides is 1. The van der Waals surface area contributed by atoms with Crippen molar-refractivity contribution in [3.05, 3.63) is 71.9 Å². The smallest absolute Gasteiger partial charge is 0.257 e. The van der Waals surface area contributed by atoms with Crippen LogP contribution in [0.3, 0.4) is 0 Å². The number of anilines is 1. The fraction of sp³-hybridized carbons (Fsp3) is 0.333. The summed E-state index contributed by atoms with van der Waals surface area (Å²) in [5.41, 5.74) is 2.33. The maximum Gasteiger partial charge on any atom is 0.257 e. The highest BCUT2D eigenvalue weighted by Crippen LogP contribution is 2.45. The van der Waals surface area contributed by atoms with Crippen molar-refractivity contribution in [2.75, 3.05) is 31.6 Å². The van der Waals surface area contributed by atoms with Crippen molar-refractivity contribution in [2.45, 2.75) is 24.5 Å². The third-order valence-corrected chi connectivity index (χ3v) is 6.81. The highest BCUT2D eigenvalue weighted by atomic mass is 19.1. The van der Waals surface area contributed by atoms with E-state index >= 15 is 0 Å². The Labute approximate surface area is 184 Å². The van der Waals surface area contributed by atoms with Gasteiger partial charge in [-0.1, -0.05) is 6.07 Å². The van der Waals surface area contributed by atoms with E-state index in [1.807, 2.05) is 11.0 Å². The molecule has 2 aromatic carbocycles. The molecule has 1 N–H and O–H groups in total. The second-order valence-corrected chi connectivity index (χ2v) is 8.38. The number of halogens is 2. The number of aromatic amines is 1. The fourth-order valence-corrected chi connectivity index (χ4v) is 5.02. The number of methoxy groups -OCH3 is 1. The molecule has 0 bridgehead atoms. The Morgan fingerprint density at radius 2 is 1.88 bits per heavy atom. The Morgan fingerprint density at radius 3 is 2.56 bits per heavy atom. The minimum atomic E-state index is -0.335. The van der Waals surface area contributed by atoms with Crippen LogP contribution >= 0.6 is 0 Å². The molecule has 6 nitrogen and oxygen atoms in total. The van der Waals surface area contributed by atoms with E-state index in [2.05, 4.69) is 15.1 Å². The van der Waals surface area contributed by atoms with Gasteiger partial charge in [-0.15, -0.1) is 0 Å². The largest absolute Gasteiger partial charge is 0.377 e. The van der Waals surface area contributed by atoms with Crippen molar-refractivity contribution in [1.29, 1.82) is 0 Å². The Morgan fingerprint density at radius 1 is 1.12 bits per heavy atom. The van der Waals surface area contributed by atoms with Crippen LogP contribution in [0.25, 0.3) is 11.3 Å². The number of H-pyrrole nitrogens is 1. The summed E-state index contributed by atoms with van der Waals surface area (Å²) in [5, 5.41) is 6.91. The topological polar surface area (TPSA) is 61.5 Å². The molecular weight excluding hydrogens is 414 g/mol. The molecular formula is C24H24F2N4O2. The zero-order valence-corrected chi connectivity index (χ0v) is 17.7. The molecule has 2 saturated heterocycles. The second-order valence-electron chi connectivity index (χ2n) is 8.38. The van der Waals surface area contributed by atoms with Gasteiger partial charge in [0.2, 0.25) is 0 Å². The zero-order valence-electron chi connectivity index (χ0n) is 17.7. The summed E-state index contributed by atoms with van der Waals surface area (Å²) in [6.07, 6.45) is 2.99. The lowest BCUT2D eigenvalue weighted by Gasteiger charge is -2.61. The average molecular weight is 438 g/mol. The summed E-state index contributed by atoms with van der Waals surface area (Å²) in [7, 11) is 1.70. The Kier molecular flexibility index (Phi) is 5.17. The number of rotatable bonds is 4. The first kappa shape index (κ1) is 20.6. The molecule has 8 heteroatoms. The van der Waals surface area contributed by atoms with E-state index < -0.39 is 0 Å². The molecule has 3 aromatic rings. The van der Waals surface area contributed by atoms with Crippen LogP contribution in [-0.2, 0) is 4.74 Å².